The van der Waals surface area contributed by atoms with Gasteiger partial charge in [-0.05, 0) is 19.4 Å². The lowest BCUT2D eigenvalue weighted by molar-refractivity contribution is 0.0915. The maximum absolute atomic E-state index is 12.3. The fourth-order valence-electron chi connectivity index (χ4n) is 1.71. The van der Waals surface area contributed by atoms with Crippen LogP contribution in [0.2, 0.25) is 0 Å². The van der Waals surface area contributed by atoms with Crippen LogP contribution in [0.25, 0.3) is 10.1 Å². The van der Waals surface area contributed by atoms with Gasteiger partial charge in [-0.3, -0.25) is 4.79 Å². The van der Waals surface area contributed by atoms with Crippen molar-refractivity contribution in [3.63, 3.8) is 0 Å². The number of hydrogen-bond acceptors (Lipinski definition) is 2. The van der Waals surface area contributed by atoms with E-state index in [1.807, 2.05) is 36.6 Å². The van der Waals surface area contributed by atoms with Gasteiger partial charge in [0.15, 0.2) is 0 Å². The van der Waals surface area contributed by atoms with E-state index < -0.39 is 0 Å². The number of rotatable bonds is 4. The van der Waals surface area contributed by atoms with E-state index in [0.29, 0.717) is 0 Å². The predicted octanol–water partition coefficient (Wildman–Crippen LogP) is 4.19. The van der Waals surface area contributed by atoms with Crippen molar-refractivity contribution >= 4 is 43.3 Å². The van der Waals surface area contributed by atoms with Crippen molar-refractivity contribution in [2.45, 2.75) is 25.8 Å². The molecule has 1 N–H and O–H groups in total. The highest BCUT2D eigenvalue weighted by Gasteiger charge is 2.24. The molecule has 0 aliphatic rings. The molecule has 1 aromatic carbocycles. The SMILES string of the molecule is CCC(C)(CBr)NC(=O)c1csc2ccccc12. The van der Waals surface area contributed by atoms with E-state index in [9.17, 15) is 4.79 Å². The Morgan fingerprint density at radius 1 is 1.44 bits per heavy atom. The number of benzene rings is 1. The summed E-state index contributed by atoms with van der Waals surface area (Å²) in [5.41, 5.74) is 0.580. The van der Waals surface area contributed by atoms with E-state index >= 15 is 0 Å². The van der Waals surface area contributed by atoms with E-state index in [1.54, 1.807) is 11.3 Å². The molecule has 18 heavy (non-hydrogen) atoms. The molecule has 1 aromatic heterocycles. The van der Waals surface area contributed by atoms with E-state index in [1.165, 1.54) is 0 Å². The molecule has 1 heterocycles. The van der Waals surface area contributed by atoms with Crippen molar-refractivity contribution in [1.29, 1.82) is 0 Å². The molecule has 1 unspecified atom stereocenters. The van der Waals surface area contributed by atoms with E-state index in [4.69, 9.17) is 0 Å². The molecular weight excluding hydrogens is 310 g/mol. The molecule has 1 amide bonds. The minimum atomic E-state index is -0.194. The molecule has 4 heteroatoms. The lowest BCUT2D eigenvalue weighted by Gasteiger charge is -2.27. The van der Waals surface area contributed by atoms with Crippen LogP contribution in [0.15, 0.2) is 29.6 Å². The summed E-state index contributed by atoms with van der Waals surface area (Å²) in [6.07, 6.45) is 0.895. The normalized spacial score (nSPS) is 14.4. The first kappa shape index (κ1) is 13.6. The zero-order chi connectivity index (χ0) is 13.2. The van der Waals surface area contributed by atoms with Gasteiger partial charge in [0, 0.05) is 26.3 Å². The third kappa shape index (κ3) is 2.59. The molecule has 0 aliphatic carbocycles. The van der Waals surface area contributed by atoms with Gasteiger partial charge in [0.05, 0.1) is 5.56 Å². The third-order valence-electron chi connectivity index (χ3n) is 3.22. The number of carbonyl (C=O) groups is 1. The largest absolute Gasteiger partial charge is 0.346 e. The minimum absolute atomic E-state index is 0.0104. The Morgan fingerprint density at radius 3 is 2.83 bits per heavy atom. The van der Waals surface area contributed by atoms with Crippen LogP contribution in [-0.4, -0.2) is 16.8 Å². The number of carbonyl (C=O) groups excluding carboxylic acids is 1. The van der Waals surface area contributed by atoms with Crippen LogP contribution < -0.4 is 5.32 Å². The van der Waals surface area contributed by atoms with Crippen LogP contribution >= 0.6 is 27.3 Å². The smallest absolute Gasteiger partial charge is 0.253 e. The van der Waals surface area contributed by atoms with Crippen LogP contribution in [0.4, 0.5) is 0 Å². The second kappa shape index (κ2) is 5.41. The van der Waals surface area contributed by atoms with Crippen LogP contribution in [0.5, 0.6) is 0 Å². The van der Waals surface area contributed by atoms with Crippen LogP contribution in [0.3, 0.4) is 0 Å². The number of thiophene rings is 1. The zero-order valence-corrected chi connectivity index (χ0v) is 12.9. The van der Waals surface area contributed by atoms with E-state index in [2.05, 4.69) is 28.2 Å². The first-order valence-electron chi connectivity index (χ1n) is 5.94. The van der Waals surface area contributed by atoms with Crippen molar-refractivity contribution in [3.05, 3.63) is 35.2 Å². The van der Waals surface area contributed by atoms with Crippen LogP contribution in [0, 0.1) is 0 Å². The lowest BCUT2D eigenvalue weighted by atomic mass is 10.0. The number of hydrogen-bond donors (Lipinski definition) is 1. The Bertz CT molecular complexity index is 560. The molecule has 1 atom stereocenters. The molecule has 0 saturated heterocycles. The average molecular weight is 326 g/mol. The summed E-state index contributed by atoms with van der Waals surface area (Å²) < 4.78 is 1.15. The molecule has 0 aliphatic heterocycles. The maximum atomic E-state index is 12.3. The number of alkyl halides is 1. The monoisotopic (exact) mass is 325 g/mol. The Labute approximate surface area is 120 Å². The summed E-state index contributed by atoms with van der Waals surface area (Å²) in [6.45, 7) is 4.13. The Morgan fingerprint density at radius 2 is 2.17 bits per heavy atom. The van der Waals surface area contributed by atoms with Crippen molar-refractivity contribution in [2.24, 2.45) is 0 Å². The van der Waals surface area contributed by atoms with Gasteiger partial charge < -0.3 is 5.32 Å². The topological polar surface area (TPSA) is 29.1 Å². The van der Waals surface area contributed by atoms with Crippen molar-refractivity contribution in [3.8, 4) is 0 Å². The van der Waals surface area contributed by atoms with Gasteiger partial charge in [-0.1, -0.05) is 41.1 Å². The Kier molecular flexibility index (Phi) is 4.07. The fourth-order valence-corrected chi connectivity index (χ4v) is 3.19. The number of amides is 1. The average Bonchev–Trinajstić information content (AvgIpc) is 2.82. The Hall–Kier alpha value is -0.870. The molecule has 0 bridgehead atoms. The molecule has 0 saturated carbocycles. The van der Waals surface area contributed by atoms with Crippen molar-refractivity contribution in [1.82, 2.24) is 5.32 Å². The fraction of sp³-hybridized carbons (Fsp3) is 0.357. The molecule has 96 valence electrons. The van der Waals surface area contributed by atoms with Gasteiger partial charge in [-0.25, -0.2) is 0 Å². The minimum Gasteiger partial charge on any atom is -0.346 e. The summed E-state index contributed by atoms with van der Waals surface area (Å²) in [5.74, 6) is 0.0104. The Balaban J connectivity index is 2.29. The van der Waals surface area contributed by atoms with Gasteiger partial charge in [-0.15, -0.1) is 11.3 Å². The predicted molar refractivity (Wildman–Crippen MR) is 81.8 cm³/mol. The van der Waals surface area contributed by atoms with Gasteiger partial charge in [0.2, 0.25) is 0 Å². The highest BCUT2D eigenvalue weighted by Crippen LogP contribution is 2.26. The second-order valence-electron chi connectivity index (χ2n) is 4.65. The van der Waals surface area contributed by atoms with Gasteiger partial charge >= 0.3 is 0 Å². The van der Waals surface area contributed by atoms with Crippen molar-refractivity contribution in [2.75, 3.05) is 5.33 Å². The summed E-state index contributed by atoms with van der Waals surface area (Å²) in [7, 11) is 0. The standard InChI is InChI=1S/C14H16BrNOS/c1-3-14(2,9-15)16-13(17)11-8-18-12-7-5-4-6-10(11)12/h4-8H,3,9H2,1-2H3,(H,16,17). The molecule has 2 rings (SSSR count). The quantitative estimate of drug-likeness (QED) is 0.839. The third-order valence-corrected chi connectivity index (χ3v) is 5.42. The number of nitrogens with one attached hydrogen (secondary N) is 1. The molecule has 0 spiro atoms. The first-order valence-corrected chi connectivity index (χ1v) is 7.94. The number of halogens is 1. The second-order valence-corrected chi connectivity index (χ2v) is 6.12. The summed E-state index contributed by atoms with van der Waals surface area (Å²) >= 11 is 5.07. The summed E-state index contributed by atoms with van der Waals surface area (Å²) in [4.78, 5) is 12.3. The molecule has 2 nitrogen and oxygen atoms in total. The number of fused-ring (bicyclic) bond motifs is 1. The van der Waals surface area contributed by atoms with E-state index in [-0.39, 0.29) is 11.4 Å². The van der Waals surface area contributed by atoms with Crippen molar-refractivity contribution < 1.29 is 4.79 Å². The summed E-state index contributed by atoms with van der Waals surface area (Å²) in [5, 5.41) is 6.83. The zero-order valence-electron chi connectivity index (χ0n) is 10.5. The molecule has 2 aromatic rings. The first-order chi connectivity index (χ1) is 8.59. The highest BCUT2D eigenvalue weighted by atomic mass is 79.9. The van der Waals surface area contributed by atoms with Gasteiger partial charge in [-0.2, -0.15) is 0 Å². The highest BCUT2D eigenvalue weighted by molar-refractivity contribution is 9.09. The van der Waals surface area contributed by atoms with Crippen LogP contribution in [-0.2, 0) is 0 Å². The van der Waals surface area contributed by atoms with Crippen LogP contribution in [0.1, 0.15) is 30.6 Å². The maximum Gasteiger partial charge on any atom is 0.253 e. The van der Waals surface area contributed by atoms with Gasteiger partial charge in [0.1, 0.15) is 0 Å². The molecule has 0 fully saturated rings. The lowest BCUT2D eigenvalue weighted by Crippen LogP contribution is -2.46. The van der Waals surface area contributed by atoms with Gasteiger partial charge in [0.25, 0.3) is 5.91 Å². The molecular formula is C14H16BrNOS. The molecule has 0 radical (unpaired) electrons. The van der Waals surface area contributed by atoms with E-state index in [0.717, 1.165) is 27.4 Å². The summed E-state index contributed by atoms with van der Waals surface area (Å²) in [6, 6.07) is 8.00.